The van der Waals surface area contributed by atoms with Gasteiger partial charge in [0.1, 0.15) is 11.4 Å². The molecule has 222 valence electrons. The second-order valence-corrected chi connectivity index (χ2v) is 13.1. The molecule has 0 N–H and O–H groups in total. The molecule has 5 rings (SSSR count). The number of hydrogen-bond donors (Lipinski definition) is 0. The zero-order valence-electron chi connectivity index (χ0n) is 26.0. The molecule has 1 aromatic heterocycles. The number of benzene rings is 2. The van der Waals surface area contributed by atoms with Crippen molar-refractivity contribution < 1.29 is 14.1 Å². The van der Waals surface area contributed by atoms with Crippen LogP contribution in [0.25, 0.3) is 11.1 Å². The highest BCUT2D eigenvalue weighted by atomic mass is 16.6. The van der Waals surface area contributed by atoms with Crippen LogP contribution in [0.1, 0.15) is 81.9 Å². The first-order valence-electron chi connectivity index (χ1n) is 15.3. The zero-order chi connectivity index (χ0) is 30.1. The normalized spacial score (nSPS) is 16.6. The average molecular weight is 569 g/mol. The van der Waals surface area contributed by atoms with Gasteiger partial charge in [-0.1, -0.05) is 29.4 Å². The van der Waals surface area contributed by atoms with Crippen LogP contribution in [0.2, 0.25) is 0 Å². The topological polar surface area (TPSA) is 82.6 Å². The molecule has 0 atom stereocenters. The molecule has 2 heterocycles. The molecule has 1 aliphatic carbocycles. The summed E-state index contributed by atoms with van der Waals surface area (Å²) < 4.78 is 11.1. The monoisotopic (exact) mass is 568 g/mol. The molecule has 7 nitrogen and oxygen atoms in total. The Kier molecular flexibility index (Phi) is 8.37. The lowest BCUT2D eigenvalue weighted by Crippen LogP contribution is -2.41. The molecular weight excluding hydrogens is 524 g/mol. The standard InChI is InChI=1S/C35H44N4O3/c1-24-9-10-28(32-25(2)37-42-26(32)3)22-31(24)39(30-13-11-29(12-14-30)35(23-36)17-18-35)19-7-8-27-15-20-38(21-16-27)33(40)41-34(4,5)6/h9-14,22,27H,7-8,15-21H2,1-6H3. The molecule has 1 saturated carbocycles. The van der Waals surface area contributed by atoms with Crippen molar-refractivity contribution in [2.45, 2.75) is 91.1 Å². The minimum absolute atomic E-state index is 0.200. The first-order valence-corrected chi connectivity index (χ1v) is 15.3. The Morgan fingerprint density at radius 1 is 1.12 bits per heavy atom. The fourth-order valence-corrected chi connectivity index (χ4v) is 6.16. The van der Waals surface area contributed by atoms with Crippen LogP contribution >= 0.6 is 0 Å². The summed E-state index contributed by atoms with van der Waals surface area (Å²) in [6.45, 7) is 14.2. The predicted octanol–water partition coefficient (Wildman–Crippen LogP) is 8.39. The molecule has 2 fully saturated rings. The Labute approximate surface area is 250 Å². The highest BCUT2D eigenvalue weighted by molar-refractivity contribution is 5.76. The number of nitriles is 1. The van der Waals surface area contributed by atoms with Gasteiger partial charge in [0.15, 0.2) is 0 Å². The van der Waals surface area contributed by atoms with Crippen LogP contribution in [0.5, 0.6) is 0 Å². The van der Waals surface area contributed by atoms with E-state index in [1.807, 2.05) is 39.5 Å². The van der Waals surface area contributed by atoms with E-state index in [1.165, 1.54) is 11.3 Å². The van der Waals surface area contributed by atoms with E-state index in [2.05, 4.69) is 65.5 Å². The Morgan fingerprint density at radius 3 is 2.38 bits per heavy atom. The molecule has 2 aliphatic rings. The number of aromatic nitrogens is 1. The van der Waals surface area contributed by atoms with Crippen LogP contribution < -0.4 is 4.90 Å². The number of ether oxygens (including phenoxy) is 1. The highest BCUT2D eigenvalue weighted by Crippen LogP contribution is 2.48. The third-order valence-electron chi connectivity index (χ3n) is 8.78. The largest absolute Gasteiger partial charge is 0.444 e. The number of rotatable bonds is 8. The lowest BCUT2D eigenvalue weighted by Gasteiger charge is -2.34. The Hall–Kier alpha value is -3.79. The smallest absolute Gasteiger partial charge is 0.410 e. The molecule has 1 amide bonds. The Morgan fingerprint density at radius 2 is 1.81 bits per heavy atom. The van der Waals surface area contributed by atoms with Crippen molar-refractivity contribution in [2.24, 2.45) is 5.92 Å². The van der Waals surface area contributed by atoms with Crippen molar-refractivity contribution in [1.82, 2.24) is 10.1 Å². The van der Waals surface area contributed by atoms with Gasteiger partial charge in [-0.2, -0.15) is 5.26 Å². The minimum atomic E-state index is -0.468. The molecule has 1 saturated heterocycles. The van der Waals surface area contributed by atoms with Gasteiger partial charge in [-0.3, -0.25) is 0 Å². The van der Waals surface area contributed by atoms with Gasteiger partial charge < -0.3 is 19.1 Å². The lowest BCUT2D eigenvalue weighted by atomic mass is 9.92. The van der Waals surface area contributed by atoms with Crippen LogP contribution in [0, 0.1) is 38.0 Å². The summed E-state index contributed by atoms with van der Waals surface area (Å²) in [5, 5.41) is 13.9. The maximum Gasteiger partial charge on any atom is 0.410 e. The summed E-state index contributed by atoms with van der Waals surface area (Å²) in [6.07, 6.45) is 5.84. The second-order valence-electron chi connectivity index (χ2n) is 13.1. The van der Waals surface area contributed by atoms with Gasteiger partial charge in [-0.05, 0) is 121 Å². The molecule has 42 heavy (non-hydrogen) atoms. The molecule has 3 aromatic rings. The minimum Gasteiger partial charge on any atom is -0.444 e. The molecule has 0 bridgehead atoms. The van der Waals surface area contributed by atoms with Gasteiger partial charge in [0.2, 0.25) is 0 Å². The molecule has 7 heteroatoms. The van der Waals surface area contributed by atoms with E-state index in [9.17, 15) is 10.1 Å². The number of aryl methyl sites for hydroxylation is 3. The lowest BCUT2D eigenvalue weighted by molar-refractivity contribution is 0.0181. The Balaban J connectivity index is 1.33. The van der Waals surface area contributed by atoms with Crippen LogP contribution in [-0.2, 0) is 10.2 Å². The average Bonchev–Trinajstić information content (AvgIpc) is 3.69. The maximum absolute atomic E-state index is 12.5. The van der Waals surface area contributed by atoms with E-state index in [-0.39, 0.29) is 11.5 Å². The van der Waals surface area contributed by atoms with Crippen LogP contribution in [0.15, 0.2) is 47.0 Å². The summed E-state index contributed by atoms with van der Waals surface area (Å²) >= 11 is 0. The van der Waals surface area contributed by atoms with Gasteiger partial charge in [0.25, 0.3) is 0 Å². The Bertz CT molecular complexity index is 1430. The molecule has 0 unspecified atom stereocenters. The second kappa shape index (κ2) is 11.8. The van der Waals surface area contributed by atoms with Gasteiger partial charge in [-0.25, -0.2) is 4.79 Å². The number of piperidine rings is 1. The number of carbonyl (C=O) groups excluding carboxylic acids is 1. The van der Waals surface area contributed by atoms with Crippen molar-refractivity contribution in [3.05, 3.63) is 65.0 Å². The van der Waals surface area contributed by atoms with Crippen molar-refractivity contribution in [3.63, 3.8) is 0 Å². The fourth-order valence-electron chi connectivity index (χ4n) is 6.16. The summed E-state index contributed by atoms with van der Waals surface area (Å²) in [5.74, 6) is 1.41. The van der Waals surface area contributed by atoms with Gasteiger partial charge in [0.05, 0.1) is 17.2 Å². The van der Waals surface area contributed by atoms with Crippen molar-refractivity contribution in [1.29, 1.82) is 5.26 Å². The van der Waals surface area contributed by atoms with E-state index in [4.69, 9.17) is 9.26 Å². The number of amides is 1. The number of likely N-dealkylation sites (tertiary alicyclic amines) is 1. The van der Waals surface area contributed by atoms with Crippen LogP contribution in [0.3, 0.4) is 0 Å². The third-order valence-corrected chi connectivity index (χ3v) is 8.78. The number of carbonyl (C=O) groups is 1. The van der Waals surface area contributed by atoms with Crippen molar-refractivity contribution in [3.8, 4) is 17.2 Å². The first kappa shape index (κ1) is 29.7. The zero-order valence-corrected chi connectivity index (χ0v) is 26.0. The summed E-state index contributed by atoms with van der Waals surface area (Å²) in [5.41, 5.74) is 6.90. The molecule has 0 spiro atoms. The molecule has 0 radical (unpaired) electrons. The van der Waals surface area contributed by atoms with Gasteiger partial charge in [-0.15, -0.1) is 0 Å². The van der Waals surface area contributed by atoms with Gasteiger partial charge >= 0.3 is 6.09 Å². The predicted molar refractivity (Wildman–Crippen MR) is 166 cm³/mol. The van der Waals surface area contributed by atoms with E-state index in [0.717, 1.165) is 92.0 Å². The maximum atomic E-state index is 12.5. The molecular formula is C35H44N4O3. The number of hydrogen-bond acceptors (Lipinski definition) is 6. The van der Waals surface area contributed by atoms with Gasteiger partial charge in [0, 0.05) is 36.6 Å². The summed E-state index contributed by atoms with van der Waals surface area (Å²) in [7, 11) is 0. The van der Waals surface area contributed by atoms with Crippen LogP contribution in [-0.4, -0.2) is 41.4 Å². The van der Waals surface area contributed by atoms with E-state index < -0.39 is 5.60 Å². The van der Waals surface area contributed by atoms with Crippen molar-refractivity contribution >= 4 is 17.5 Å². The van der Waals surface area contributed by atoms with E-state index >= 15 is 0 Å². The molecule has 2 aromatic carbocycles. The summed E-state index contributed by atoms with van der Waals surface area (Å²) in [4.78, 5) is 16.8. The quantitative estimate of drug-likeness (QED) is 0.271. The van der Waals surface area contributed by atoms with E-state index in [1.54, 1.807) is 0 Å². The molecule has 1 aliphatic heterocycles. The SMILES string of the molecule is Cc1ccc(-c2c(C)noc2C)cc1N(CCCC1CCN(C(=O)OC(C)(C)C)CC1)c1ccc(C2(C#N)CC2)cc1. The number of nitrogens with zero attached hydrogens (tertiary/aromatic N) is 4. The highest BCUT2D eigenvalue weighted by Gasteiger charge is 2.44. The van der Waals surface area contributed by atoms with E-state index in [0.29, 0.717) is 5.92 Å². The summed E-state index contributed by atoms with van der Waals surface area (Å²) in [6, 6.07) is 17.7. The van der Waals surface area contributed by atoms with Crippen LogP contribution in [0.4, 0.5) is 16.2 Å². The van der Waals surface area contributed by atoms with Crippen molar-refractivity contribution in [2.75, 3.05) is 24.5 Å². The fraction of sp³-hybridized carbons (Fsp3) is 0.514. The first-order chi connectivity index (χ1) is 20.0. The third kappa shape index (κ3) is 6.48. The number of anilines is 2.